The molecule has 0 spiro atoms. The third-order valence-electron chi connectivity index (χ3n) is 8.01. The molecule has 2 fully saturated rings. The van der Waals surface area contributed by atoms with Crippen LogP contribution < -0.4 is 5.73 Å². The molecular weight excluding hydrogens is 446 g/mol. The minimum absolute atomic E-state index is 0.480. The molecule has 0 bridgehead atoms. The number of benzene rings is 2. The third-order valence-corrected chi connectivity index (χ3v) is 8.01. The lowest BCUT2D eigenvalue weighted by atomic mass is 9.63. The second-order valence-electron chi connectivity index (χ2n) is 11.0. The van der Waals surface area contributed by atoms with E-state index in [1.165, 1.54) is 19.3 Å². The number of aromatic nitrogens is 4. The van der Waals surface area contributed by atoms with Crippen LogP contribution >= 0.6 is 0 Å². The molecule has 2 aliphatic rings. The molecule has 0 aliphatic heterocycles. The number of nitrogens with zero attached hydrogens (tertiary/aromatic N) is 4. The van der Waals surface area contributed by atoms with E-state index in [1.807, 2.05) is 35.8 Å². The first-order chi connectivity index (χ1) is 17.4. The summed E-state index contributed by atoms with van der Waals surface area (Å²) >= 11 is 0. The predicted molar refractivity (Wildman–Crippen MR) is 141 cm³/mol. The molecule has 2 aromatic carbocycles. The first-order valence-electron chi connectivity index (χ1n) is 12.8. The zero-order valence-corrected chi connectivity index (χ0v) is 20.4. The van der Waals surface area contributed by atoms with Crippen LogP contribution in [0.2, 0.25) is 0 Å². The van der Waals surface area contributed by atoms with E-state index in [9.17, 15) is 5.11 Å². The zero-order chi connectivity index (χ0) is 24.5. The number of aliphatic hydroxyl groups is 1. The topological polar surface area (TPSA) is 89.3 Å². The molecule has 5 aromatic rings. The highest BCUT2D eigenvalue weighted by Crippen LogP contribution is 2.46. The summed E-state index contributed by atoms with van der Waals surface area (Å²) in [5.41, 5.74) is 13.3. The molecule has 6 heteroatoms. The van der Waals surface area contributed by atoms with Gasteiger partial charge >= 0.3 is 0 Å². The fourth-order valence-corrected chi connectivity index (χ4v) is 5.99. The second-order valence-corrected chi connectivity index (χ2v) is 11.0. The molecule has 0 atom stereocenters. The van der Waals surface area contributed by atoms with Crippen LogP contribution in [0.15, 0.2) is 72.9 Å². The molecule has 0 radical (unpaired) electrons. The predicted octanol–water partition coefficient (Wildman–Crippen LogP) is 5.58. The first-order valence-corrected chi connectivity index (χ1v) is 12.8. The zero-order valence-electron chi connectivity index (χ0n) is 20.4. The Morgan fingerprint density at radius 2 is 1.72 bits per heavy atom. The summed E-state index contributed by atoms with van der Waals surface area (Å²) in [4.78, 5) is 9.91. The lowest BCUT2D eigenvalue weighted by Crippen LogP contribution is -2.58. The van der Waals surface area contributed by atoms with Crippen molar-refractivity contribution in [2.45, 2.75) is 56.1 Å². The Hall–Kier alpha value is -3.61. The highest BCUT2D eigenvalue weighted by atomic mass is 16.3. The molecule has 2 aliphatic carbocycles. The van der Waals surface area contributed by atoms with Gasteiger partial charge in [-0.3, -0.25) is 0 Å². The largest absolute Gasteiger partial charge is 0.390 e. The van der Waals surface area contributed by atoms with Crippen molar-refractivity contribution >= 4 is 16.7 Å². The molecule has 7 rings (SSSR count). The Labute approximate surface area is 209 Å². The Kier molecular flexibility index (Phi) is 4.63. The van der Waals surface area contributed by atoms with Crippen LogP contribution in [-0.2, 0) is 5.54 Å². The van der Waals surface area contributed by atoms with Gasteiger partial charge in [-0.1, -0.05) is 61.0 Å². The summed E-state index contributed by atoms with van der Waals surface area (Å²) < 4.78 is 1.90. The first kappa shape index (κ1) is 21.7. The summed E-state index contributed by atoms with van der Waals surface area (Å²) in [6.07, 6.45) is 6.70. The number of hydrogen-bond donors (Lipinski definition) is 2. The number of nitrogens with two attached hydrogens (primary N) is 1. The SMILES string of the molecule is C[C@]1(O)C[C@](N)(c2ccc(-c3nc4c(cnc5cc(C6CCC6)nn54)cc3-c3ccccc3)cc2)C1. The van der Waals surface area contributed by atoms with E-state index < -0.39 is 11.1 Å². The highest BCUT2D eigenvalue weighted by Gasteiger charge is 2.49. The van der Waals surface area contributed by atoms with Crippen molar-refractivity contribution < 1.29 is 5.11 Å². The maximum Gasteiger partial charge on any atom is 0.165 e. The minimum Gasteiger partial charge on any atom is -0.390 e. The van der Waals surface area contributed by atoms with Gasteiger partial charge in [-0.15, -0.1) is 0 Å². The molecule has 3 heterocycles. The van der Waals surface area contributed by atoms with E-state index in [2.05, 4.69) is 48.5 Å². The van der Waals surface area contributed by atoms with Gasteiger partial charge in [-0.2, -0.15) is 9.61 Å². The molecule has 3 aromatic heterocycles. The van der Waals surface area contributed by atoms with Crippen LogP contribution in [0.5, 0.6) is 0 Å². The summed E-state index contributed by atoms with van der Waals surface area (Å²) in [7, 11) is 0. The minimum atomic E-state index is -0.685. The molecule has 3 N–H and O–H groups in total. The molecular formula is C30H29N5O. The van der Waals surface area contributed by atoms with Crippen molar-refractivity contribution in [3.05, 3.63) is 84.2 Å². The van der Waals surface area contributed by atoms with Gasteiger partial charge in [0, 0.05) is 40.2 Å². The van der Waals surface area contributed by atoms with E-state index in [4.69, 9.17) is 20.8 Å². The monoisotopic (exact) mass is 475 g/mol. The average molecular weight is 476 g/mol. The summed E-state index contributed by atoms with van der Waals surface area (Å²) in [5, 5.41) is 16.1. The van der Waals surface area contributed by atoms with Crippen molar-refractivity contribution in [1.29, 1.82) is 0 Å². The van der Waals surface area contributed by atoms with Crippen LogP contribution in [0.25, 0.3) is 39.1 Å². The van der Waals surface area contributed by atoms with Crippen LogP contribution in [0, 0.1) is 0 Å². The van der Waals surface area contributed by atoms with Gasteiger partial charge in [-0.05, 0) is 49.8 Å². The van der Waals surface area contributed by atoms with E-state index in [-0.39, 0.29) is 0 Å². The van der Waals surface area contributed by atoms with Crippen molar-refractivity contribution in [3.63, 3.8) is 0 Å². The van der Waals surface area contributed by atoms with Crippen molar-refractivity contribution in [1.82, 2.24) is 19.6 Å². The fourth-order valence-electron chi connectivity index (χ4n) is 5.99. The lowest BCUT2D eigenvalue weighted by Gasteiger charge is -2.49. The van der Waals surface area contributed by atoms with Gasteiger partial charge in [0.25, 0.3) is 0 Å². The second kappa shape index (κ2) is 7.69. The standard InChI is InChI=1S/C30H29N5O/c1-29(36)17-30(31,18-29)23-12-10-21(11-13-23)27-24(19-6-3-2-4-7-19)14-22-16-32-26-15-25(20-8-5-9-20)34-35(26)28(22)33-27/h2-4,6-7,10-16,20,36H,5,8-9,17-18,31H2,1H3/t29-,30+. The normalized spacial score (nSPS) is 24.1. The van der Waals surface area contributed by atoms with Gasteiger partial charge in [0.1, 0.15) is 0 Å². The maximum absolute atomic E-state index is 10.2. The average Bonchev–Trinajstić information content (AvgIpc) is 3.25. The Morgan fingerprint density at radius 1 is 0.972 bits per heavy atom. The smallest absolute Gasteiger partial charge is 0.165 e. The number of rotatable bonds is 4. The van der Waals surface area contributed by atoms with E-state index in [0.717, 1.165) is 50.3 Å². The van der Waals surface area contributed by atoms with Crippen molar-refractivity contribution in [2.75, 3.05) is 0 Å². The van der Waals surface area contributed by atoms with Crippen molar-refractivity contribution in [3.8, 4) is 22.4 Å². The van der Waals surface area contributed by atoms with Gasteiger partial charge < -0.3 is 10.8 Å². The van der Waals surface area contributed by atoms with Crippen LogP contribution in [0.3, 0.4) is 0 Å². The molecule has 0 unspecified atom stereocenters. The van der Waals surface area contributed by atoms with E-state index in [0.29, 0.717) is 18.8 Å². The van der Waals surface area contributed by atoms with Gasteiger partial charge in [0.05, 0.1) is 17.0 Å². The molecule has 180 valence electrons. The summed E-state index contributed by atoms with van der Waals surface area (Å²) in [5.74, 6) is 0.535. The molecule has 6 nitrogen and oxygen atoms in total. The molecule has 0 amide bonds. The van der Waals surface area contributed by atoms with Gasteiger partial charge in [0.15, 0.2) is 11.3 Å². The number of hydrogen-bond acceptors (Lipinski definition) is 5. The fraction of sp³-hybridized carbons (Fsp3) is 0.300. The Balaban J connectivity index is 1.38. The molecule has 36 heavy (non-hydrogen) atoms. The molecule has 2 saturated carbocycles. The van der Waals surface area contributed by atoms with Crippen molar-refractivity contribution in [2.24, 2.45) is 5.73 Å². The quantitative estimate of drug-likeness (QED) is 0.354. The van der Waals surface area contributed by atoms with Crippen LogP contribution in [-0.4, -0.2) is 30.3 Å². The van der Waals surface area contributed by atoms with Crippen LogP contribution in [0.4, 0.5) is 0 Å². The Bertz CT molecular complexity index is 1590. The molecule has 0 saturated heterocycles. The van der Waals surface area contributed by atoms with Gasteiger partial charge in [0.2, 0.25) is 0 Å². The summed E-state index contributed by atoms with van der Waals surface area (Å²) in [6, 6.07) is 23.0. The van der Waals surface area contributed by atoms with Gasteiger partial charge in [-0.25, -0.2) is 9.97 Å². The van der Waals surface area contributed by atoms with Crippen LogP contribution in [0.1, 0.15) is 56.2 Å². The van der Waals surface area contributed by atoms with E-state index >= 15 is 0 Å². The van der Waals surface area contributed by atoms with E-state index in [1.54, 1.807) is 0 Å². The lowest BCUT2D eigenvalue weighted by molar-refractivity contribution is -0.0738. The number of pyridine rings is 1. The summed E-state index contributed by atoms with van der Waals surface area (Å²) in [6.45, 7) is 1.85. The number of fused-ring (bicyclic) bond motifs is 3. The maximum atomic E-state index is 10.2. The Morgan fingerprint density at radius 3 is 2.39 bits per heavy atom. The third kappa shape index (κ3) is 3.44. The highest BCUT2D eigenvalue weighted by molar-refractivity contribution is 5.90.